The van der Waals surface area contributed by atoms with Crippen LogP contribution < -0.4 is 16.0 Å². The molecule has 0 aliphatic carbocycles. The first-order chi connectivity index (χ1) is 10.6. The van der Waals surface area contributed by atoms with Crippen LogP contribution in [-0.4, -0.2) is 35.6 Å². The Kier molecular flexibility index (Phi) is 3.09. The summed E-state index contributed by atoms with van der Waals surface area (Å²) < 4.78 is 5.99. The van der Waals surface area contributed by atoms with E-state index >= 15 is 0 Å². The minimum Gasteiger partial charge on any atom is -0.450 e. The summed E-state index contributed by atoms with van der Waals surface area (Å²) in [5.74, 6) is 1.000. The molecule has 1 unspecified atom stereocenters. The van der Waals surface area contributed by atoms with Gasteiger partial charge in [-0.3, -0.25) is 0 Å². The zero-order chi connectivity index (χ0) is 15.3. The van der Waals surface area contributed by atoms with Gasteiger partial charge in [-0.15, -0.1) is 0 Å². The number of halogens is 1. The number of nitrogens with zero attached hydrogens (tertiary/aromatic N) is 3. The van der Waals surface area contributed by atoms with Gasteiger partial charge in [0.05, 0.1) is 0 Å². The molecule has 1 atom stereocenters. The number of fused-ring (bicyclic) bond motifs is 3. The molecule has 2 aromatic heterocycles. The molecule has 1 fully saturated rings. The number of nitrogen functional groups attached to an aromatic ring is 1. The molecule has 1 aromatic carbocycles. The molecule has 1 saturated heterocycles. The monoisotopic (exact) mass is 317 g/mol. The van der Waals surface area contributed by atoms with Gasteiger partial charge in [0.1, 0.15) is 11.1 Å². The Labute approximate surface area is 132 Å². The van der Waals surface area contributed by atoms with Gasteiger partial charge in [0.2, 0.25) is 5.95 Å². The van der Waals surface area contributed by atoms with Gasteiger partial charge < -0.3 is 20.4 Å². The van der Waals surface area contributed by atoms with Crippen LogP contribution >= 0.6 is 11.6 Å². The van der Waals surface area contributed by atoms with Gasteiger partial charge >= 0.3 is 0 Å². The average Bonchev–Trinajstić information content (AvgIpc) is 2.85. The molecule has 0 saturated carbocycles. The second kappa shape index (κ2) is 5.00. The molecule has 4 rings (SSSR count). The van der Waals surface area contributed by atoms with Crippen molar-refractivity contribution in [1.82, 2.24) is 15.3 Å². The Balaban J connectivity index is 2.00. The van der Waals surface area contributed by atoms with E-state index < -0.39 is 0 Å². The first-order valence-electron chi connectivity index (χ1n) is 7.26. The van der Waals surface area contributed by atoms with E-state index in [2.05, 4.69) is 27.1 Å². The highest BCUT2D eigenvalue weighted by atomic mass is 35.5. The second-order valence-corrected chi connectivity index (χ2v) is 6.01. The van der Waals surface area contributed by atoms with Crippen LogP contribution in [0.1, 0.15) is 6.92 Å². The minimum atomic E-state index is 0.246. The van der Waals surface area contributed by atoms with Crippen molar-refractivity contribution in [3.63, 3.8) is 0 Å². The third-order valence-corrected chi connectivity index (χ3v) is 4.28. The van der Waals surface area contributed by atoms with E-state index in [0.717, 1.165) is 36.4 Å². The largest absolute Gasteiger partial charge is 0.450 e. The molecule has 7 heteroatoms. The molecular formula is C15H16ClN5O. The number of anilines is 2. The van der Waals surface area contributed by atoms with Crippen molar-refractivity contribution < 1.29 is 4.42 Å². The van der Waals surface area contributed by atoms with Crippen LogP contribution in [0.3, 0.4) is 0 Å². The van der Waals surface area contributed by atoms with Crippen LogP contribution in [0.25, 0.3) is 22.1 Å². The number of aromatic nitrogens is 2. The van der Waals surface area contributed by atoms with E-state index in [-0.39, 0.29) is 5.95 Å². The van der Waals surface area contributed by atoms with Crippen molar-refractivity contribution in [1.29, 1.82) is 0 Å². The maximum absolute atomic E-state index is 6.09. The SMILES string of the molecule is CC1CNCCN1c1nc(N)nc2c1oc1ccc(Cl)cc12. The van der Waals surface area contributed by atoms with E-state index in [1.807, 2.05) is 12.1 Å². The molecule has 3 aromatic rings. The van der Waals surface area contributed by atoms with Crippen LogP contribution in [0.15, 0.2) is 22.6 Å². The lowest BCUT2D eigenvalue weighted by Crippen LogP contribution is -2.50. The normalized spacial score (nSPS) is 19.2. The smallest absolute Gasteiger partial charge is 0.222 e. The Bertz CT molecular complexity index is 862. The molecule has 3 heterocycles. The van der Waals surface area contributed by atoms with Crippen LogP contribution in [0.4, 0.5) is 11.8 Å². The summed E-state index contributed by atoms with van der Waals surface area (Å²) in [4.78, 5) is 11.0. The molecule has 0 amide bonds. The van der Waals surface area contributed by atoms with Crippen LogP contribution in [0, 0.1) is 0 Å². The van der Waals surface area contributed by atoms with E-state index in [1.165, 1.54) is 0 Å². The van der Waals surface area contributed by atoms with Gasteiger partial charge in [0.25, 0.3) is 0 Å². The zero-order valence-corrected chi connectivity index (χ0v) is 12.9. The molecule has 22 heavy (non-hydrogen) atoms. The number of piperazine rings is 1. The third kappa shape index (κ3) is 2.07. The lowest BCUT2D eigenvalue weighted by molar-refractivity contribution is 0.495. The molecule has 0 spiro atoms. The Morgan fingerprint density at radius 3 is 3.09 bits per heavy atom. The maximum atomic E-state index is 6.09. The van der Waals surface area contributed by atoms with Crippen molar-refractivity contribution in [2.75, 3.05) is 30.3 Å². The lowest BCUT2D eigenvalue weighted by Gasteiger charge is -2.34. The number of benzene rings is 1. The number of nitrogens with one attached hydrogen (secondary N) is 1. The summed E-state index contributed by atoms with van der Waals surface area (Å²) in [6.07, 6.45) is 0. The number of rotatable bonds is 1. The fourth-order valence-corrected chi connectivity index (χ4v) is 3.14. The summed E-state index contributed by atoms with van der Waals surface area (Å²) in [6, 6.07) is 5.81. The van der Waals surface area contributed by atoms with E-state index in [9.17, 15) is 0 Å². The van der Waals surface area contributed by atoms with Crippen LogP contribution in [-0.2, 0) is 0 Å². The second-order valence-electron chi connectivity index (χ2n) is 5.57. The van der Waals surface area contributed by atoms with E-state index in [4.69, 9.17) is 21.8 Å². The predicted molar refractivity (Wildman–Crippen MR) is 88.4 cm³/mol. The first-order valence-corrected chi connectivity index (χ1v) is 7.64. The van der Waals surface area contributed by atoms with Crippen molar-refractivity contribution >= 4 is 45.4 Å². The summed E-state index contributed by atoms with van der Waals surface area (Å²) in [5, 5.41) is 4.87. The topological polar surface area (TPSA) is 80.2 Å². The highest BCUT2D eigenvalue weighted by molar-refractivity contribution is 6.31. The highest BCUT2D eigenvalue weighted by Gasteiger charge is 2.25. The maximum Gasteiger partial charge on any atom is 0.222 e. The van der Waals surface area contributed by atoms with Crippen molar-refractivity contribution in [3.8, 4) is 0 Å². The Morgan fingerprint density at radius 2 is 2.27 bits per heavy atom. The predicted octanol–water partition coefficient (Wildman–Crippen LogP) is 2.41. The van der Waals surface area contributed by atoms with Crippen LogP contribution in [0.5, 0.6) is 0 Å². The number of furan rings is 1. The van der Waals surface area contributed by atoms with E-state index in [0.29, 0.717) is 22.2 Å². The quantitative estimate of drug-likeness (QED) is 0.717. The zero-order valence-electron chi connectivity index (χ0n) is 12.1. The molecule has 3 N–H and O–H groups in total. The van der Waals surface area contributed by atoms with Gasteiger partial charge in [-0.1, -0.05) is 11.6 Å². The molecule has 1 aliphatic rings. The Hall–Kier alpha value is -2.05. The van der Waals surface area contributed by atoms with Gasteiger partial charge in [0.15, 0.2) is 11.4 Å². The van der Waals surface area contributed by atoms with Gasteiger partial charge in [-0.25, -0.2) is 4.98 Å². The summed E-state index contributed by atoms with van der Waals surface area (Å²) in [6.45, 7) is 4.81. The van der Waals surface area contributed by atoms with Crippen molar-refractivity contribution in [2.24, 2.45) is 0 Å². The van der Waals surface area contributed by atoms with Crippen LogP contribution in [0.2, 0.25) is 5.02 Å². The fourth-order valence-electron chi connectivity index (χ4n) is 2.97. The average molecular weight is 318 g/mol. The fraction of sp³-hybridized carbons (Fsp3) is 0.333. The molecule has 6 nitrogen and oxygen atoms in total. The van der Waals surface area contributed by atoms with Gasteiger partial charge in [-0.2, -0.15) is 4.98 Å². The summed E-state index contributed by atoms with van der Waals surface area (Å²) in [7, 11) is 0. The third-order valence-electron chi connectivity index (χ3n) is 4.05. The van der Waals surface area contributed by atoms with Crippen molar-refractivity contribution in [3.05, 3.63) is 23.2 Å². The number of nitrogens with two attached hydrogens (primary N) is 1. The van der Waals surface area contributed by atoms with Crippen molar-refractivity contribution in [2.45, 2.75) is 13.0 Å². The first kappa shape index (κ1) is 13.6. The minimum absolute atomic E-state index is 0.246. The molecule has 114 valence electrons. The van der Waals surface area contributed by atoms with E-state index in [1.54, 1.807) is 6.07 Å². The lowest BCUT2D eigenvalue weighted by atomic mass is 10.2. The Morgan fingerprint density at radius 1 is 1.41 bits per heavy atom. The summed E-state index contributed by atoms with van der Waals surface area (Å²) in [5.41, 5.74) is 8.05. The standard InChI is InChI=1S/C15H16ClN5O/c1-8-7-18-4-5-21(8)14-13-12(19-15(17)20-14)10-6-9(16)2-3-11(10)22-13/h2-3,6,8,18H,4-5,7H2,1H3,(H2,17,19,20). The summed E-state index contributed by atoms with van der Waals surface area (Å²) >= 11 is 6.09. The van der Waals surface area contributed by atoms with Gasteiger partial charge in [0, 0.05) is 36.1 Å². The molecule has 0 radical (unpaired) electrons. The molecule has 1 aliphatic heterocycles. The molecule has 0 bridgehead atoms. The number of hydrogen-bond acceptors (Lipinski definition) is 6. The van der Waals surface area contributed by atoms with Gasteiger partial charge in [-0.05, 0) is 25.1 Å². The number of hydrogen-bond donors (Lipinski definition) is 2. The highest BCUT2D eigenvalue weighted by Crippen LogP contribution is 2.35. The molecular weight excluding hydrogens is 302 g/mol.